The van der Waals surface area contributed by atoms with Crippen molar-refractivity contribution in [2.75, 3.05) is 13.1 Å². The molecule has 27 heavy (non-hydrogen) atoms. The van der Waals surface area contributed by atoms with Crippen molar-refractivity contribution in [3.8, 4) is 11.3 Å². The lowest BCUT2D eigenvalue weighted by molar-refractivity contribution is -0.205. The number of hydrogen-bond donors (Lipinski definition) is 2. The number of carbonyl (C=O) groups excluding carboxylic acids is 1. The number of nitrogens with zero attached hydrogens (tertiary/aromatic N) is 2. The van der Waals surface area contributed by atoms with Gasteiger partial charge >= 0.3 is 11.7 Å². The Bertz CT molecular complexity index is 837. The van der Waals surface area contributed by atoms with Crippen LogP contribution in [-0.4, -0.2) is 33.7 Å². The Kier molecular flexibility index (Phi) is 5.53. The van der Waals surface area contributed by atoms with Gasteiger partial charge in [0, 0.05) is 31.9 Å². The molecule has 0 spiro atoms. The quantitative estimate of drug-likeness (QED) is 0.860. The van der Waals surface area contributed by atoms with Gasteiger partial charge in [0.1, 0.15) is 0 Å². The molecule has 0 bridgehead atoms. The molecule has 1 aliphatic rings. The third-order valence-electron chi connectivity index (χ3n) is 4.89. The second kappa shape index (κ2) is 7.70. The fraction of sp³-hybridized carbons (Fsp3) is 0.500. The second-order valence-electron chi connectivity index (χ2n) is 8.07. The third kappa shape index (κ3) is 4.48. The van der Waals surface area contributed by atoms with Crippen molar-refractivity contribution in [2.24, 2.45) is 11.1 Å². The van der Waals surface area contributed by atoms with Crippen molar-refractivity contribution < 1.29 is 9.63 Å². The fourth-order valence-corrected chi connectivity index (χ4v) is 3.11. The molecular formula is C20H28N4O3. The highest BCUT2D eigenvalue weighted by molar-refractivity contribution is 5.75. The van der Waals surface area contributed by atoms with Crippen LogP contribution in [0.15, 0.2) is 35.3 Å². The number of aromatic nitrogens is 2. The van der Waals surface area contributed by atoms with Crippen LogP contribution in [0.5, 0.6) is 0 Å². The van der Waals surface area contributed by atoms with Crippen LogP contribution in [0.1, 0.15) is 45.2 Å². The molecule has 7 heteroatoms. The van der Waals surface area contributed by atoms with Gasteiger partial charge in [-0.05, 0) is 44.7 Å². The van der Waals surface area contributed by atoms with Gasteiger partial charge < -0.3 is 15.6 Å². The Morgan fingerprint density at radius 1 is 1.22 bits per heavy atom. The molecule has 0 saturated carbocycles. The standard InChI is InChI=1S/C20H28N4O3/c1-20(2,3)18(25)27-23-10-8-16(9-11-23)24-13-17(22-19(24)26)15-6-4-14(12-21)5-7-15/h4-7,13,16H,8-12,21H2,1-3H3,(H,22,26). The number of carbonyl (C=O) groups is 1. The summed E-state index contributed by atoms with van der Waals surface area (Å²) < 4.78 is 1.76. The van der Waals surface area contributed by atoms with Crippen molar-refractivity contribution in [3.05, 3.63) is 46.5 Å². The van der Waals surface area contributed by atoms with E-state index in [-0.39, 0.29) is 17.7 Å². The fourth-order valence-electron chi connectivity index (χ4n) is 3.11. The molecule has 0 unspecified atom stereocenters. The van der Waals surface area contributed by atoms with E-state index in [0.29, 0.717) is 19.6 Å². The van der Waals surface area contributed by atoms with E-state index in [9.17, 15) is 9.59 Å². The van der Waals surface area contributed by atoms with Gasteiger partial charge in [0.25, 0.3) is 0 Å². The van der Waals surface area contributed by atoms with Crippen LogP contribution in [0, 0.1) is 5.41 Å². The van der Waals surface area contributed by atoms with Gasteiger partial charge in [-0.25, -0.2) is 9.59 Å². The minimum Gasteiger partial charge on any atom is -0.367 e. The molecular weight excluding hydrogens is 344 g/mol. The minimum atomic E-state index is -0.525. The molecule has 1 aromatic heterocycles. The number of hydrogen-bond acceptors (Lipinski definition) is 5. The topological polar surface area (TPSA) is 93.3 Å². The van der Waals surface area contributed by atoms with Crippen LogP contribution < -0.4 is 11.4 Å². The molecule has 3 rings (SSSR count). The number of piperidine rings is 1. The van der Waals surface area contributed by atoms with Crippen molar-refractivity contribution in [1.29, 1.82) is 0 Å². The summed E-state index contributed by atoms with van der Waals surface area (Å²) in [4.78, 5) is 32.8. The minimum absolute atomic E-state index is 0.0930. The first-order valence-electron chi connectivity index (χ1n) is 9.36. The molecule has 0 amide bonds. The highest BCUT2D eigenvalue weighted by Gasteiger charge is 2.29. The van der Waals surface area contributed by atoms with E-state index in [2.05, 4.69) is 4.98 Å². The lowest BCUT2D eigenvalue weighted by Gasteiger charge is -2.32. The number of H-pyrrole nitrogens is 1. The van der Waals surface area contributed by atoms with E-state index < -0.39 is 5.41 Å². The summed E-state index contributed by atoms with van der Waals surface area (Å²) in [5, 5.41) is 1.70. The monoisotopic (exact) mass is 372 g/mol. The third-order valence-corrected chi connectivity index (χ3v) is 4.89. The van der Waals surface area contributed by atoms with Crippen LogP contribution in [0.3, 0.4) is 0 Å². The van der Waals surface area contributed by atoms with Crippen molar-refractivity contribution in [2.45, 2.75) is 46.2 Å². The first kappa shape index (κ1) is 19.4. The number of aromatic amines is 1. The zero-order valence-corrected chi connectivity index (χ0v) is 16.2. The number of rotatable bonds is 4. The van der Waals surface area contributed by atoms with Crippen molar-refractivity contribution >= 4 is 5.97 Å². The lowest BCUT2D eigenvalue weighted by atomic mass is 9.98. The smallest absolute Gasteiger partial charge is 0.330 e. The summed E-state index contributed by atoms with van der Waals surface area (Å²) in [7, 11) is 0. The SMILES string of the molecule is CC(C)(C)C(=O)ON1CCC(n2cc(-c3ccc(CN)cc3)[nH]c2=O)CC1. The molecule has 0 atom stereocenters. The zero-order chi connectivity index (χ0) is 19.6. The Morgan fingerprint density at radius 3 is 2.41 bits per heavy atom. The van der Waals surface area contributed by atoms with Gasteiger partial charge in [-0.15, -0.1) is 5.06 Å². The molecule has 146 valence electrons. The molecule has 7 nitrogen and oxygen atoms in total. The number of nitrogens with one attached hydrogen (secondary N) is 1. The van der Waals surface area contributed by atoms with E-state index in [0.717, 1.165) is 29.7 Å². The number of hydroxylamine groups is 2. The maximum Gasteiger partial charge on any atom is 0.330 e. The van der Waals surface area contributed by atoms with E-state index in [1.807, 2.05) is 51.2 Å². The van der Waals surface area contributed by atoms with Gasteiger partial charge in [-0.2, -0.15) is 0 Å². The molecule has 1 saturated heterocycles. The number of imidazole rings is 1. The molecule has 1 aliphatic heterocycles. The van der Waals surface area contributed by atoms with E-state index in [1.165, 1.54) is 0 Å². The average molecular weight is 372 g/mol. The largest absolute Gasteiger partial charge is 0.367 e. The molecule has 2 aromatic rings. The highest BCUT2D eigenvalue weighted by atomic mass is 16.7. The summed E-state index contributed by atoms with van der Waals surface area (Å²) in [5.74, 6) is -0.233. The maximum absolute atomic E-state index is 12.4. The predicted octanol–water partition coefficient (Wildman–Crippen LogP) is 2.44. The van der Waals surface area contributed by atoms with Crippen molar-refractivity contribution in [1.82, 2.24) is 14.6 Å². The molecule has 0 aliphatic carbocycles. The van der Waals surface area contributed by atoms with Crippen LogP contribution in [0.25, 0.3) is 11.3 Å². The Balaban J connectivity index is 1.65. The Morgan fingerprint density at radius 2 is 1.85 bits per heavy atom. The molecule has 1 fully saturated rings. The summed E-state index contributed by atoms with van der Waals surface area (Å²) in [6.07, 6.45) is 3.38. The summed E-state index contributed by atoms with van der Waals surface area (Å²) in [6, 6.07) is 7.95. The summed E-state index contributed by atoms with van der Waals surface area (Å²) >= 11 is 0. The van der Waals surface area contributed by atoms with E-state index in [1.54, 1.807) is 9.63 Å². The molecule has 2 heterocycles. The predicted molar refractivity (Wildman–Crippen MR) is 104 cm³/mol. The van der Waals surface area contributed by atoms with Crippen LogP contribution >= 0.6 is 0 Å². The van der Waals surface area contributed by atoms with Gasteiger partial charge in [0.2, 0.25) is 0 Å². The number of benzene rings is 1. The summed E-state index contributed by atoms with van der Waals surface area (Å²) in [6.45, 7) is 7.24. The normalized spacial score (nSPS) is 16.4. The van der Waals surface area contributed by atoms with Gasteiger partial charge in [-0.3, -0.25) is 4.57 Å². The van der Waals surface area contributed by atoms with Gasteiger partial charge in [-0.1, -0.05) is 24.3 Å². The second-order valence-corrected chi connectivity index (χ2v) is 8.07. The Labute approximate surface area is 159 Å². The lowest BCUT2D eigenvalue weighted by Crippen LogP contribution is -2.40. The van der Waals surface area contributed by atoms with E-state index >= 15 is 0 Å². The van der Waals surface area contributed by atoms with Gasteiger partial charge in [0.05, 0.1) is 11.1 Å². The van der Waals surface area contributed by atoms with Gasteiger partial charge in [0.15, 0.2) is 0 Å². The number of nitrogens with two attached hydrogens (primary N) is 1. The van der Waals surface area contributed by atoms with E-state index in [4.69, 9.17) is 10.6 Å². The zero-order valence-electron chi connectivity index (χ0n) is 16.2. The van der Waals surface area contributed by atoms with Crippen LogP contribution in [0.4, 0.5) is 0 Å². The first-order chi connectivity index (χ1) is 12.8. The highest BCUT2D eigenvalue weighted by Crippen LogP contribution is 2.25. The Hall–Kier alpha value is -2.38. The first-order valence-corrected chi connectivity index (χ1v) is 9.36. The average Bonchev–Trinajstić information content (AvgIpc) is 3.03. The maximum atomic E-state index is 12.4. The molecule has 0 radical (unpaired) electrons. The van der Waals surface area contributed by atoms with Crippen LogP contribution in [0.2, 0.25) is 0 Å². The molecule has 3 N–H and O–H groups in total. The van der Waals surface area contributed by atoms with Crippen LogP contribution in [-0.2, 0) is 16.2 Å². The molecule has 1 aromatic carbocycles. The summed E-state index contributed by atoms with van der Waals surface area (Å²) in [5.41, 5.74) is 7.80. The van der Waals surface area contributed by atoms with Crippen molar-refractivity contribution in [3.63, 3.8) is 0 Å².